The highest BCUT2D eigenvalue weighted by atomic mass is 16.5. The third-order valence-corrected chi connectivity index (χ3v) is 4.87. The number of nitrogens with zero attached hydrogens (tertiary/aromatic N) is 4. The normalized spacial score (nSPS) is 17.7. The van der Waals surface area contributed by atoms with Gasteiger partial charge in [-0.1, -0.05) is 0 Å². The Morgan fingerprint density at radius 2 is 2.19 bits per heavy atom. The van der Waals surface area contributed by atoms with Crippen LogP contribution in [0.1, 0.15) is 13.3 Å². The maximum atomic E-state index is 11.5. The number of ether oxygens (including phenoxy) is 2. The lowest BCUT2D eigenvalue weighted by Crippen LogP contribution is -2.26. The number of nitrogens with one attached hydrogen (secondary N) is 1. The van der Waals surface area contributed by atoms with Gasteiger partial charge in [-0.05, 0) is 19.1 Å². The van der Waals surface area contributed by atoms with E-state index >= 15 is 0 Å². The largest absolute Gasteiger partial charge is 0.481 e. The van der Waals surface area contributed by atoms with Crippen molar-refractivity contribution in [1.82, 2.24) is 24.8 Å². The van der Waals surface area contributed by atoms with Gasteiger partial charge in [0, 0.05) is 43.8 Å². The van der Waals surface area contributed by atoms with Crippen LogP contribution in [0.5, 0.6) is 11.8 Å². The van der Waals surface area contributed by atoms with Crippen LogP contribution < -0.4 is 14.8 Å². The zero-order valence-electron chi connectivity index (χ0n) is 15.5. The van der Waals surface area contributed by atoms with E-state index in [1.54, 1.807) is 25.7 Å². The van der Waals surface area contributed by atoms with Crippen LogP contribution in [-0.4, -0.2) is 45.2 Å². The van der Waals surface area contributed by atoms with Crippen molar-refractivity contribution in [3.8, 4) is 23.0 Å². The number of methoxy groups -OCH3 is 1. The summed E-state index contributed by atoms with van der Waals surface area (Å²) >= 11 is 0. The molecule has 3 aromatic heterocycles. The summed E-state index contributed by atoms with van der Waals surface area (Å²) in [6.45, 7) is 2.59. The zero-order valence-corrected chi connectivity index (χ0v) is 15.5. The Morgan fingerprint density at radius 3 is 2.85 bits per heavy atom. The molecule has 1 fully saturated rings. The number of carbonyl (C=O) groups is 1. The van der Waals surface area contributed by atoms with Gasteiger partial charge in [0.2, 0.25) is 17.7 Å². The molecule has 8 nitrogen and oxygen atoms in total. The van der Waals surface area contributed by atoms with Crippen LogP contribution in [0.15, 0.2) is 30.7 Å². The predicted octanol–water partition coefficient (Wildman–Crippen LogP) is 1.94. The second kappa shape index (κ2) is 6.86. The molecule has 1 N–H and O–H groups in total. The van der Waals surface area contributed by atoms with Crippen LogP contribution >= 0.6 is 0 Å². The van der Waals surface area contributed by atoms with Gasteiger partial charge in [0.25, 0.3) is 0 Å². The molecule has 1 unspecified atom stereocenters. The van der Waals surface area contributed by atoms with Crippen molar-refractivity contribution >= 4 is 16.9 Å². The highest BCUT2D eigenvalue weighted by Crippen LogP contribution is 2.30. The molecule has 1 aliphatic rings. The first kappa shape index (κ1) is 17.3. The molecule has 3 aromatic rings. The molecule has 0 radical (unpaired) electrons. The molecule has 4 rings (SSSR count). The van der Waals surface area contributed by atoms with Gasteiger partial charge < -0.3 is 19.4 Å². The van der Waals surface area contributed by atoms with E-state index in [0.29, 0.717) is 24.7 Å². The maximum absolute atomic E-state index is 11.5. The van der Waals surface area contributed by atoms with Gasteiger partial charge in [0.1, 0.15) is 11.6 Å². The second-order valence-electron chi connectivity index (χ2n) is 6.72. The Bertz CT molecular complexity index is 983. The van der Waals surface area contributed by atoms with Crippen molar-refractivity contribution in [2.24, 2.45) is 13.0 Å². The van der Waals surface area contributed by atoms with Crippen molar-refractivity contribution in [1.29, 1.82) is 0 Å². The van der Waals surface area contributed by atoms with Crippen LogP contribution in [0.2, 0.25) is 0 Å². The predicted molar refractivity (Wildman–Crippen MR) is 99.5 cm³/mol. The van der Waals surface area contributed by atoms with E-state index in [0.717, 1.165) is 22.3 Å². The summed E-state index contributed by atoms with van der Waals surface area (Å²) in [6.07, 6.45) is 3.76. The average Bonchev–Trinajstić information content (AvgIpc) is 3.28. The minimum atomic E-state index is -0.154. The summed E-state index contributed by atoms with van der Waals surface area (Å²) in [6, 6.07) is 5.60. The summed E-state index contributed by atoms with van der Waals surface area (Å²) in [7, 11) is 3.49. The molecule has 8 heteroatoms. The maximum Gasteiger partial charge on any atom is 0.241 e. The Kier molecular flexibility index (Phi) is 4.39. The van der Waals surface area contributed by atoms with Gasteiger partial charge in [0.15, 0.2) is 0 Å². The highest BCUT2D eigenvalue weighted by Gasteiger charge is 2.29. The fourth-order valence-electron chi connectivity index (χ4n) is 3.25. The van der Waals surface area contributed by atoms with E-state index in [1.165, 1.54) is 0 Å². The summed E-state index contributed by atoms with van der Waals surface area (Å²) < 4.78 is 13.2. The lowest BCUT2D eigenvalue weighted by Gasteiger charge is -2.20. The second-order valence-corrected chi connectivity index (χ2v) is 6.72. The van der Waals surface area contributed by atoms with E-state index < -0.39 is 0 Å². The fourth-order valence-corrected chi connectivity index (χ4v) is 3.25. The number of rotatable bonds is 5. The number of aryl methyl sites for hydroxylation is 1. The summed E-state index contributed by atoms with van der Waals surface area (Å²) in [4.78, 5) is 24.9. The average molecular weight is 367 g/mol. The van der Waals surface area contributed by atoms with E-state index in [-0.39, 0.29) is 17.9 Å². The third-order valence-electron chi connectivity index (χ3n) is 4.87. The lowest BCUT2D eigenvalue weighted by molar-refractivity contribution is -0.119. The Balaban J connectivity index is 1.71. The van der Waals surface area contributed by atoms with Crippen LogP contribution in [0, 0.1) is 5.92 Å². The number of pyridine rings is 2. The zero-order chi connectivity index (χ0) is 19.0. The molecule has 0 spiro atoms. The van der Waals surface area contributed by atoms with Gasteiger partial charge in [0.05, 0.1) is 24.6 Å². The fraction of sp³-hybridized carbons (Fsp3) is 0.368. The first-order chi connectivity index (χ1) is 13.0. The first-order valence-corrected chi connectivity index (χ1v) is 8.81. The molecule has 1 aliphatic heterocycles. The lowest BCUT2D eigenvalue weighted by atomic mass is 10.0. The van der Waals surface area contributed by atoms with Crippen LogP contribution in [0.3, 0.4) is 0 Å². The summed E-state index contributed by atoms with van der Waals surface area (Å²) in [5, 5.41) is 2.85. The molecule has 0 saturated carbocycles. The third kappa shape index (κ3) is 3.30. The molecular formula is C19H21N5O3. The Hall–Kier alpha value is -3.16. The minimum Gasteiger partial charge on any atom is -0.481 e. The molecule has 27 heavy (non-hydrogen) atoms. The Morgan fingerprint density at radius 1 is 1.33 bits per heavy atom. The van der Waals surface area contributed by atoms with Crippen molar-refractivity contribution in [3.63, 3.8) is 0 Å². The van der Waals surface area contributed by atoms with Crippen LogP contribution in [0.25, 0.3) is 22.3 Å². The minimum absolute atomic E-state index is 0.0622. The van der Waals surface area contributed by atoms with Crippen molar-refractivity contribution < 1.29 is 14.3 Å². The highest BCUT2D eigenvalue weighted by molar-refractivity contribution is 5.84. The molecule has 140 valence electrons. The number of aromatic nitrogens is 4. The quantitative estimate of drug-likeness (QED) is 0.741. The molecule has 2 atom stereocenters. The van der Waals surface area contributed by atoms with E-state index in [9.17, 15) is 4.79 Å². The smallest absolute Gasteiger partial charge is 0.241 e. The first-order valence-electron chi connectivity index (χ1n) is 8.81. The number of fused-ring (bicyclic) bond motifs is 1. The number of amides is 1. The topological polar surface area (TPSA) is 91.2 Å². The van der Waals surface area contributed by atoms with Crippen molar-refractivity contribution in [2.75, 3.05) is 13.7 Å². The molecule has 0 aliphatic carbocycles. The number of carbonyl (C=O) groups excluding carboxylic acids is 1. The standard InChI is InChI=1S/C19H21N5O3/c1-11(13-6-16(25)20-9-13)27-19-18-15(22-10-24(18)2)7-14(23-19)12-4-5-17(26-3)21-8-12/h4-5,7-8,10-11,13H,6,9H2,1-3H3,(H,20,25)/t11-,13?/m1/s1. The molecular weight excluding hydrogens is 346 g/mol. The summed E-state index contributed by atoms with van der Waals surface area (Å²) in [5.74, 6) is 1.23. The summed E-state index contributed by atoms with van der Waals surface area (Å²) in [5.41, 5.74) is 3.18. The van der Waals surface area contributed by atoms with E-state index in [2.05, 4.69) is 15.3 Å². The molecule has 1 saturated heterocycles. The van der Waals surface area contributed by atoms with Crippen LogP contribution in [0.4, 0.5) is 0 Å². The van der Waals surface area contributed by atoms with Gasteiger partial charge in [-0.25, -0.2) is 15.0 Å². The number of hydrogen-bond acceptors (Lipinski definition) is 6. The molecule has 4 heterocycles. The number of hydrogen-bond donors (Lipinski definition) is 1. The molecule has 0 aromatic carbocycles. The van der Waals surface area contributed by atoms with E-state index in [4.69, 9.17) is 14.5 Å². The Labute approximate surface area is 156 Å². The van der Waals surface area contributed by atoms with Gasteiger partial charge >= 0.3 is 0 Å². The van der Waals surface area contributed by atoms with Gasteiger partial charge in [-0.15, -0.1) is 0 Å². The van der Waals surface area contributed by atoms with Crippen molar-refractivity contribution in [2.45, 2.75) is 19.4 Å². The molecule has 0 bridgehead atoms. The SMILES string of the molecule is COc1ccc(-c2cc3ncn(C)c3c(O[C@H](C)C3CNC(=O)C3)n2)cn1. The van der Waals surface area contributed by atoms with Gasteiger partial charge in [-0.2, -0.15) is 0 Å². The van der Waals surface area contributed by atoms with Crippen molar-refractivity contribution in [3.05, 3.63) is 30.7 Å². The van der Waals surface area contributed by atoms with Crippen LogP contribution in [-0.2, 0) is 11.8 Å². The van der Waals surface area contributed by atoms with E-state index in [1.807, 2.05) is 30.7 Å². The van der Waals surface area contributed by atoms with Gasteiger partial charge in [-0.3, -0.25) is 4.79 Å². The monoisotopic (exact) mass is 367 g/mol. The molecule has 1 amide bonds. The number of imidazole rings is 1.